The lowest BCUT2D eigenvalue weighted by atomic mass is 9.96. The van der Waals surface area contributed by atoms with Crippen LogP contribution in [0, 0.1) is 12.4 Å². The number of fused-ring (bicyclic) bond motifs is 1. The molecule has 0 N–H and O–H groups in total. The molecule has 0 spiro atoms. The molecule has 1 saturated heterocycles. The number of anilines is 1. The van der Waals surface area contributed by atoms with E-state index in [9.17, 15) is 9.18 Å². The van der Waals surface area contributed by atoms with E-state index in [1.807, 2.05) is 0 Å². The van der Waals surface area contributed by atoms with E-state index in [1.54, 1.807) is 31.3 Å². The second-order valence-electron chi connectivity index (χ2n) is 10.6. The van der Waals surface area contributed by atoms with E-state index in [2.05, 4.69) is 43.6 Å². The standard InChI is InChI=1S/C29H31FN8O2/c1-5-20-16-38(27-24-22(36(4)29(39)34-27)13-14-23(31-3)32-24)21(6-2)15-37(20)25(17-9-11-19(30)12-10-17)28-33-26(35-40-28)18-7-8-18/h9-14,18,20-21,25H,5-8,15-16H2,1-2,4H3. The third kappa shape index (κ3) is 4.62. The minimum atomic E-state index is -0.368. The van der Waals surface area contributed by atoms with Crippen LogP contribution in [0.1, 0.15) is 68.8 Å². The molecule has 10 nitrogen and oxygen atoms in total. The number of aryl methyl sites for hydroxylation is 1. The van der Waals surface area contributed by atoms with Gasteiger partial charge in [-0.1, -0.05) is 37.7 Å². The molecule has 2 fully saturated rings. The maximum absolute atomic E-state index is 13.9. The van der Waals surface area contributed by atoms with Gasteiger partial charge in [0.25, 0.3) is 5.82 Å². The Kier molecular flexibility index (Phi) is 6.80. The van der Waals surface area contributed by atoms with Gasteiger partial charge in [0.15, 0.2) is 11.6 Å². The van der Waals surface area contributed by atoms with E-state index < -0.39 is 0 Å². The van der Waals surface area contributed by atoms with Gasteiger partial charge in [-0.3, -0.25) is 9.47 Å². The summed E-state index contributed by atoms with van der Waals surface area (Å²) in [5, 5.41) is 4.28. The van der Waals surface area contributed by atoms with E-state index in [1.165, 1.54) is 16.7 Å². The second-order valence-corrected chi connectivity index (χ2v) is 10.6. The molecule has 40 heavy (non-hydrogen) atoms. The van der Waals surface area contributed by atoms with Crippen LogP contribution in [0.3, 0.4) is 0 Å². The monoisotopic (exact) mass is 542 g/mol. The van der Waals surface area contributed by atoms with Crippen LogP contribution in [0.5, 0.6) is 0 Å². The molecule has 1 aliphatic heterocycles. The van der Waals surface area contributed by atoms with Gasteiger partial charge in [-0.15, -0.1) is 4.98 Å². The summed E-state index contributed by atoms with van der Waals surface area (Å²) in [4.78, 5) is 34.8. The number of aromatic nitrogens is 5. The van der Waals surface area contributed by atoms with Crippen LogP contribution in [-0.2, 0) is 7.05 Å². The van der Waals surface area contributed by atoms with Gasteiger partial charge in [0.2, 0.25) is 11.4 Å². The second kappa shape index (κ2) is 10.4. The molecular weight excluding hydrogens is 511 g/mol. The first-order chi connectivity index (χ1) is 19.4. The predicted octanol–water partition coefficient (Wildman–Crippen LogP) is 4.75. The highest BCUT2D eigenvalue weighted by Crippen LogP contribution is 2.41. The van der Waals surface area contributed by atoms with Crippen molar-refractivity contribution in [2.45, 2.75) is 63.6 Å². The summed E-state index contributed by atoms with van der Waals surface area (Å²) >= 11 is 0. The highest BCUT2D eigenvalue weighted by molar-refractivity contribution is 5.87. The fourth-order valence-corrected chi connectivity index (χ4v) is 5.71. The third-order valence-corrected chi connectivity index (χ3v) is 8.14. The first kappa shape index (κ1) is 26.1. The number of hydrogen-bond donors (Lipinski definition) is 0. The van der Waals surface area contributed by atoms with E-state index in [-0.39, 0.29) is 35.5 Å². The van der Waals surface area contributed by atoms with E-state index >= 15 is 0 Å². The molecule has 1 saturated carbocycles. The first-order valence-corrected chi connectivity index (χ1v) is 13.8. The molecule has 0 radical (unpaired) electrons. The van der Waals surface area contributed by atoms with Crippen molar-refractivity contribution in [2.24, 2.45) is 7.05 Å². The lowest BCUT2D eigenvalue weighted by Gasteiger charge is -2.48. The van der Waals surface area contributed by atoms with Gasteiger partial charge >= 0.3 is 5.69 Å². The van der Waals surface area contributed by atoms with Crippen LogP contribution >= 0.6 is 0 Å². The van der Waals surface area contributed by atoms with Crippen molar-refractivity contribution in [3.63, 3.8) is 0 Å². The van der Waals surface area contributed by atoms with Crippen LogP contribution in [0.25, 0.3) is 15.9 Å². The summed E-state index contributed by atoms with van der Waals surface area (Å²) in [6, 6.07) is 9.54. The van der Waals surface area contributed by atoms with Crippen molar-refractivity contribution < 1.29 is 8.91 Å². The Labute approximate surface area is 231 Å². The summed E-state index contributed by atoms with van der Waals surface area (Å²) in [6.07, 6.45) is 3.71. The topological polar surface area (TPSA) is 97.5 Å². The fourth-order valence-electron chi connectivity index (χ4n) is 5.71. The van der Waals surface area contributed by atoms with Crippen molar-refractivity contribution >= 4 is 22.7 Å². The van der Waals surface area contributed by atoms with Crippen molar-refractivity contribution in [3.05, 3.63) is 81.4 Å². The minimum Gasteiger partial charge on any atom is -0.361 e. The number of benzene rings is 1. The van der Waals surface area contributed by atoms with E-state index in [4.69, 9.17) is 16.1 Å². The summed E-state index contributed by atoms with van der Waals surface area (Å²) in [7, 11) is 1.66. The van der Waals surface area contributed by atoms with Gasteiger partial charge in [0.05, 0.1) is 5.52 Å². The molecule has 3 unspecified atom stereocenters. The average Bonchev–Trinajstić information content (AvgIpc) is 3.72. The molecule has 4 aromatic rings. The van der Waals surface area contributed by atoms with Crippen molar-refractivity contribution in [3.8, 4) is 0 Å². The number of rotatable bonds is 7. The van der Waals surface area contributed by atoms with Crippen molar-refractivity contribution in [1.29, 1.82) is 0 Å². The Balaban J connectivity index is 1.43. The molecule has 1 aliphatic carbocycles. The molecule has 0 amide bonds. The van der Waals surface area contributed by atoms with Gasteiger partial charge in [0, 0.05) is 38.1 Å². The molecule has 0 bridgehead atoms. The zero-order valence-corrected chi connectivity index (χ0v) is 22.8. The summed E-state index contributed by atoms with van der Waals surface area (Å²) in [5.41, 5.74) is 1.69. The molecular formula is C29H31FN8O2. The molecule has 2 aliphatic rings. The Morgan fingerprint density at radius 1 is 1.05 bits per heavy atom. The van der Waals surface area contributed by atoms with Gasteiger partial charge in [-0.2, -0.15) is 9.97 Å². The number of pyridine rings is 1. The quantitative estimate of drug-likeness (QED) is 0.309. The SMILES string of the molecule is [C-]#[N+]c1ccc2c(n1)c(N1CC(CC)N(C(c3ccc(F)cc3)c3nc(C4CC4)no3)CC1CC)nc(=O)n2C. The van der Waals surface area contributed by atoms with Crippen LogP contribution in [-0.4, -0.2) is 54.7 Å². The van der Waals surface area contributed by atoms with Crippen molar-refractivity contribution in [1.82, 2.24) is 29.6 Å². The predicted molar refractivity (Wildman–Crippen MR) is 148 cm³/mol. The van der Waals surface area contributed by atoms with E-state index in [0.717, 1.165) is 37.1 Å². The fraction of sp³-hybridized carbons (Fsp3) is 0.448. The number of piperazine rings is 1. The first-order valence-electron chi connectivity index (χ1n) is 13.8. The third-order valence-electron chi connectivity index (χ3n) is 8.14. The van der Waals surface area contributed by atoms with Gasteiger partial charge in [-0.25, -0.2) is 9.18 Å². The lowest BCUT2D eigenvalue weighted by molar-refractivity contribution is 0.0930. The zero-order valence-electron chi connectivity index (χ0n) is 22.8. The summed E-state index contributed by atoms with van der Waals surface area (Å²) < 4.78 is 21.2. The average molecular weight is 543 g/mol. The maximum Gasteiger partial charge on any atom is 0.350 e. The molecule has 3 atom stereocenters. The Morgan fingerprint density at radius 2 is 1.80 bits per heavy atom. The van der Waals surface area contributed by atoms with Crippen LogP contribution in [0.4, 0.5) is 16.0 Å². The van der Waals surface area contributed by atoms with Crippen LogP contribution < -0.4 is 10.6 Å². The number of nitrogens with zero attached hydrogens (tertiary/aromatic N) is 8. The lowest BCUT2D eigenvalue weighted by Crippen LogP contribution is -2.59. The molecule has 206 valence electrons. The largest absolute Gasteiger partial charge is 0.361 e. The summed E-state index contributed by atoms with van der Waals surface area (Å²) in [5.74, 6) is 2.05. The molecule has 1 aromatic carbocycles. The number of hydrogen-bond acceptors (Lipinski definition) is 8. The molecule has 4 heterocycles. The summed E-state index contributed by atoms with van der Waals surface area (Å²) in [6.45, 7) is 12.9. The van der Waals surface area contributed by atoms with Crippen LogP contribution in [0.15, 0.2) is 45.7 Å². The molecule has 3 aromatic heterocycles. The normalized spacial score (nSPS) is 20.5. The number of halogens is 1. The zero-order chi connectivity index (χ0) is 28.0. The van der Waals surface area contributed by atoms with Crippen LogP contribution in [0.2, 0.25) is 0 Å². The Morgan fingerprint density at radius 3 is 2.48 bits per heavy atom. The molecule has 11 heteroatoms. The maximum atomic E-state index is 13.9. The van der Waals surface area contributed by atoms with E-state index in [0.29, 0.717) is 41.7 Å². The highest BCUT2D eigenvalue weighted by atomic mass is 19.1. The van der Waals surface area contributed by atoms with Gasteiger partial charge < -0.3 is 14.3 Å². The molecule has 6 rings (SSSR count). The van der Waals surface area contributed by atoms with Crippen molar-refractivity contribution in [2.75, 3.05) is 18.0 Å². The smallest absolute Gasteiger partial charge is 0.350 e. The minimum absolute atomic E-state index is 0.0159. The van der Waals surface area contributed by atoms with Gasteiger partial charge in [0.1, 0.15) is 11.9 Å². The Bertz CT molecular complexity index is 1640. The highest BCUT2D eigenvalue weighted by Gasteiger charge is 2.41. The Hall–Kier alpha value is -4.17. The van der Waals surface area contributed by atoms with Gasteiger partial charge in [-0.05, 0) is 55.5 Å².